The number of benzene rings is 3. The van der Waals surface area contributed by atoms with Crippen LogP contribution in [0.4, 0.5) is 11.4 Å². The maximum absolute atomic E-state index is 13.7. The summed E-state index contributed by atoms with van der Waals surface area (Å²) in [6.45, 7) is -0.234. The van der Waals surface area contributed by atoms with Gasteiger partial charge in [0.05, 0.1) is 27.5 Å². The smallest absolute Gasteiger partial charge is 0.314 e. The van der Waals surface area contributed by atoms with E-state index in [4.69, 9.17) is 27.7 Å². The van der Waals surface area contributed by atoms with Gasteiger partial charge in [-0.05, 0) is 66.9 Å². The molecule has 0 radical (unpaired) electrons. The molecule has 0 saturated carbocycles. The number of hydrogen-bond acceptors (Lipinski definition) is 11. The van der Waals surface area contributed by atoms with Crippen molar-refractivity contribution >= 4 is 56.1 Å². The number of nitrogen functional groups attached to an aromatic ring is 1. The normalized spacial score (nSPS) is 18.4. The van der Waals surface area contributed by atoms with Crippen LogP contribution in [0.15, 0.2) is 80.1 Å². The zero-order valence-electron chi connectivity index (χ0n) is 28.2. The van der Waals surface area contributed by atoms with Gasteiger partial charge in [0.15, 0.2) is 5.96 Å². The number of aromatic nitrogens is 2. The minimum Gasteiger partial charge on any atom is -0.491 e. The molecule has 20 heteroatoms. The van der Waals surface area contributed by atoms with Crippen molar-refractivity contribution in [1.29, 1.82) is 0 Å². The highest BCUT2D eigenvalue weighted by molar-refractivity contribution is 7.92. The van der Waals surface area contributed by atoms with Crippen molar-refractivity contribution in [2.75, 3.05) is 30.2 Å². The zero-order valence-corrected chi connectivity index (χ0v) is 29.0. The lowest BCUT2D eigenvalue weighted by atomic mass is 10.0. The number of carbonyl (C=O) groups is 3. The highest BCUT2D eigenvalue weighted by atomic mass is 32.2. The van der Waals surface area contributed by atoms with Gasteiger partial charge in [-0.25, -0.2) is 8.42 Å². The molecule has 3 aromatic carbocycles. The highest BCUT2D eigenvalue weighted by Gasteiger charge is 2.28. The van der Waals surface area contributed by atoms with E-state index >= 15 is 0 Å². The van der Waals surface area contributed by atoms with E-state index in [0.29, 0.717) is 18.5 Å². The second-order valence-electron chi connectivity index (χ2n) is 12.2. The van der Waals surface area contributed by atoms with Gasteiger partial charge in [-0.15, -0.1) is 0 Å². The van der Waals surface area contributed by atoms with E-state index in [1.54, 1.807) is 24.3 Å². The molecule has 0 aliphatic carbocycles. The molecule has 3 amide bonds. The Kier molecular flexibility index (Phi) is 11.6. The topological polar surface area (TPSA) is 325 Å². The average Bonchev–Trinajstić information content (AvgIpc) is 3.11. The second kappa shape index (κ2) is 16.3. The Bertz CT molecular complexity index is 2270. The van der Waals surface area contributed by atoms with Crippen molar-refractivity contribution in [3.8, 4) is 5.75 Å². The number of hydrogen-bond donors (Lipinski definition) is 10. The maximum atomic E-state index is 13.7. The molecule has 53 heavy (non-hydrogen) atoms. The van der Waals surface area contributed by atoms with E-state index in [0.717, 1.165) is 5.56 Å². The Morgan fingerprint density at radius 1 is 0.887 bits per heavy atom. The summed E-state index contributed by atoms with van der Waals surface area (Å²) < 4.78 is 35.2. The van der Waals surface area contributed by atoms with Crippen LogP contribution in [-0.4, -0.2) is 79.9 Å². The molecule has 4 aromatic rings. The first kappa shape index (κ1) is 37.8. The van der Waals surface area contributed by atoms with Gasteiger partial charge in [0.1, 0.15) is 24.4 Å². The van der Waals surface area contributed by atoms with E-state index in [1.165, 1.54) is 36.4 Å². The number of fused-ring (bicyclic) bond motifs is 2. The van der Waals surface area contributed by atoms with Gasteiger partial charge in [0, 0.05) is 30.9 Å². The lowest BCUT2D eigenvalue weighted by molar-refractivity contribution is -0.130. The molecule has 3 atom stereocenters. The number of nitrogens with two attached hydrogens (primary N) is 4. The monoisotopic (exact) mass is 749 g/mol. The second-order valence-corrected chi connectivity index (χ2v) is 13.9. The summed E-state index contributed by atoms with van der Waals surface area (Å²) in [4.78, 5) is 72.2. The summed E-state index contributed by atoms with van der Waals surface area (Å²) >= 11 is 0. The van der Waals surface area contributed by atoms with E-state index in [1.807, 2.05) is 0 Å². The molecular formula is C33H39N11O8S. The Hall–Kier alpha value is -6.41. The number of nitrogens with zero attached hydrogens (tertiary/aromatic N) is 1. The largest absolute Gasteiger partial charge is 0.491 e. The Morgan fingerprint density at radius 3 is 2.32 bits per heavy atom. The minimum atomic E-state index is -4.29. The summed E-state index contributed by atoms with van der Waals surface area (Å²) in [7, 11) is -4.29. The first-order valence-corrected chi connectivity index (χ1v) is 17.8. The first-order valence-electron chi connectivity index (χ1n) is 16.3. The molecule has 1 aliphatic heterocycles. The van der Waals surface area contributed by atoms with Gasteiger partial charge in [0.25, 0.3) is 15.9 Å². The van der Waals surface area contributed by atoms with Crippen molar-refractivity contribution in [2.45, 2.75) is 42.3 Å². The molecule has 0 unspecified atom stereocenters. The minimum absolute atomic E-state index is 0.0340. The molecule has 0 fully saturated rings. The third-order valence-electron chi connectivity index (χ3n) is 8.14. The number of ether oxygens (including phenoxy) is 1. The molecule has 0 saturated heterocycles. The third kappa shape index (κ3) is 9.89. The first-order chi connectivity index (χ1) is 25.2. The molecule has 2 heterocycles. The summed E-state index contributed by atoms with van der Waals surface area (Å²) in [5.41, 5.74) is 22.4. The van der Waals surface area contributed by atoms with Crippen LogP contribution >= 0.6 is 0 Å². The van der Waals surface area contributed by atoms with E-state index in [2.05, 4.69) is 35.6 Å². The number of anilines is 2. The zero-order chi connectivity index (χ0) is 38.3. The van der Waals surface area contributed by atoms with Crippen molar-refractivity contribution in [3.63, 3.8) is 0 Å². The van der Waals surface area contributed by atoms with Crippen molar-refractivity contribution in [2.24, 2.45) is 22.2 Å². The van der Waals surface area contributed by atoms with Crippen LogP contribution in [0.5, 0.6) is 5.75 Å². The number of H-pyrrole nitrogens is 2. The van der Waals surface area contributed by atoms with Crippen LogP contribution in [0.25, 0.3) is 11.0 Å². The number of carbonyl (C=O) groups excluding carboxylic acids is 3. The summed E-state index contributed by atoms with van der Waals surface area (Å²) in [6.07, 6.45) is 0.866. The summed E-state index contributed by atoms with van der Waals surface area (Å²) in [5.74, 6) is -2.03. The van der Waals surface area contributed by atoms with E-state index in [-0.39, 0.29) is 65.0 Å². The molecule has 14 N–H and O–H groups in total. The van der Waals surface area contributed by atoms with Crippen LogP contribution in [0.2, 0.25) is 0 Å². The van der Waals surface area contributed by atoms with E-state index < -0.39 is 57.0 Å². The number of guanidine groups is 1. The van der Waals surface area contributed by atoms with Gasteiger partial charge < -0.3 is 53.6 Å². The van der Waals surface area contributed by atoms with Gasteiger partial charge >= 0.3 is 11.1 Å². The lowest BCUT2D eigenvalue weighted by Gasteiger charge is -2.26. The van der Waals surface area contributed by atoms with Crippen molar-refractivity contribution in [1.82, 2.24) is 25.9 Å². The molecule has 0 bridgehead atoms. The molecule has 5 rings (SSSR count). The van der Waals surface area contributed by atoms with Gasteiger partial charge in [-0.2, -0.15) is 0 Å². The molecule has 0 spiro atoms. The fourth-order valence-electron chi connectivity index (χ4n) is 5.38. The standard InChI is InChI=1S/C33H39N11O8S/c34-18-5-3-17(4-6-18)12-26-30(47)40-20(2-1-11-38-33(36)37)16-52-27-10-7-19(13-22(27)28(45)39-15-23(35)29(46)43-26)44-53(50,51)21-8-9-24-25(14-21)42-32(49)31(48)41-24/h3-10,13-14,20,23,26,44H,1-2,11-12,15-16,34-35H2,(H,39,45)(H,40,47)(H,41,48)(H,42,49)(H,43,46)(H4,36,37,38)/t20-,23+,26-/m0/s1. The van der Waals surface area contributed by atoms with Crippen LogP contribution < -0.4 is 59.5 Å². The molecule has 1 aromatic heterocycles. The Morgan fingerprint density at radius 2 is 1.60 bits per heavy atom. The predicted molar refractivity (Wildman–Crippen MR) is 197 cm³/mol. The van der Waals surface area contributed by atoms with Gasteiger partial charge in [-0.3, -0.25) is 33.7 Å². The van der Waals surface area contributed by atoms with Crippen LogP contribution in [0, 0.1) is 0 Å². The van der Waals surface area contributed by atoms with Crippen LogP contribution in [0.3, 0.4) is 0 Å². The lowest BCUT2D eigenvalue weighted by Crippen LogP contribution is -2.56. The highest BCUT2D eigenvalue weighted by Crippen LogP contribution is 2.26. The fourth-order valence-corrected chi connectivity index (χ4v) is 6.45. The maximum Gasteiger partial charge on any atom is 0.314 e. The number of rotatable bonds is 9. The van der Waals surface area contributed by atoms with Crippen molar-refractivity contribution in [3.05, 3.63) is 92.5 Å². The Balaban J connectivity index is 1.43. The summed E-state index contributed by atoms with van der Waals surface area (Å²) in [5, 5.41) is 8.15. The third-order valence-corrected chi connectivity index (χ3v) is 9.52. The molecule has 280 valence electrons. The number of amides is 3. The van der Waals surface area contributed by atoms with Crippen LogP contribution in [0.1, 0.15) is 28.8 Å². The number of sulfonamides is 1. The quantitative estimate of drug-likeness (QED) is 0.0302. The van der Waals surface area contributed by atoms with Gasteiger partial charge in [0.2, 0.25) is 11.8 Å². The molecular weight excluding hydrogens is 710 g/mol. The van der Waals surface area contributed by atoms with Crippen LogP contribution in [-0.2, 0) is 26.0 Å². The SMILES string of the molecule is NC(N)=NCCC[C@H]1COc2ccc(NS(=O)(=O)c3ccc4[nH]c(=O)c(=O)[nH]c4c3)cc2C(=O)NC[C@@H](N)C(=O)N[C@@H](Cc2ccc(N)cc2)C(=O)N1. The number of nitrogens with one attached hydrogen (secondary N) is 6. The summed E-state index contributed by atoms with van der Waals surface area (Å²) in [6, 6.07) is 11.5. The predicted octanol–water partition coefficient (Wildman–Crippen LogP) is -1.69. The average molecular weight is 750 g/mol. The molecule has 19 nitrogen and oxygen atoms in total. The fraction of sp³-hybridized carbons (Fsp3) is 0.273. The number of aliphatic imine (C=N–C) groups is 1. The Labute approximate surface area is 302 Å². The van der Waals surface area contributed by atoms with E-state index in [9.17, 15) is 32.4 Å². The van der Waals surface area contributed by atoms with Gasteiger partial charge in [-0.1, -0.05) is 12.1 Å². The molecule has 1 aliphatic rings. The number of aromatic amines is 2. The van der Waals surface area contributed by atoms with Crippen molar-refractivity contribution < 1.29 is 27.5 Å².